The van der Waals surface area contributed by atoms with Crippen molar-refractivity contribution < 1.29 is 9.59 Å². The molecular weight excluding hydrogens is 296 g/mol. The van der Waals surface area contributed by atoms with Crippen molar-refractivity contribution in [1.29, 1.82) is 0 Å². The van der Waals surface area contributed by atoms with Gasteiger partial charge < -0.3 is 0 Å². The summed E-state index contributed by atoms with van der Waals surface area (Å²) in [5.74, 6) is 1.85. The van der Waals surface area contributed by atoms with Gasteiger partial charge in [-0.3, -0.25) is 9.59 Å². The van der Waals surface area contributed by atoms with Crippen molar-refractivity contribution in [3.05, 3.63) is 24.3 Å². The van der Waals surface area contributed by atoms with Crippen LogP contribution in [0, 0.1) is 17.3 Å². The zero-order valence-electron chi connectivity index (χ0n) is 16.1. The van der Waals surface area contributed by atoms with E-state index in [2.05, 4.69) is 33.8 Å². The van der Waals surface area contributed by atoms with Gasteiger partial charge in [0.15, 0.2) is 11.6 Å². The summed E-state index contributed by atoms with van der Waals surface area (Å²) in [6.07, 6.45) is 17.5. The fraction of sp³-hybridized carbons (Fsp3) is 0.727. The zero-order chi connectivity index (χ0) is 18.0. The minimum absolute atomic E-state index is 0.0569. The first-order chi connectivity index (χ1) is 11.5. The maximum atomic E-state index is 12.3. The summed E-state index contributed by atoms with van der Waals surface area (Å²) in [6.45, 7) is 9.00. The first-order valence-corrected chi connectivity index (χ1v) is 9.88. The highest BCUT2D eigenvalue weighted by Gasteiger charge is 2.43. The second-order valence-electron chi connectivity index (χ2n) is 7.58. The van der Waals surface area contributed by atoms with Crippen LogP contribution in [-0.2, 0) is 9.59 Å². The molecule has 3 atom stereocenters. The molecule has 0 aromatic heterocycles. The van der Waals surface area contributed by atoms with Gasteiger partial charge in [-0.2, -0.15) is 0 Å². The molecule has 136 valence electrons. The molecule has 2 nitrogen and oxygen atoms in total. The summed E-state index contributed by atoms with van der Waals surface area (Å²) in [5, 5.41) is 0. The molecule has 0 saturated heterocycles. The normalized spacial score (nSPS) is 26.6. The first kappa shape index (κ1) is 20.9. The molecular formula is C22H36O2. The summed E-state index contributed by atoms with van der Waals surface area (Å²) < 4.78 is 0. The maximum absolute atomic E-state index is 12.3. The van der Waals surface area contributed by atoms with Crippen LogP contribution in [0.15, 0.2) is 24.3 Å². The van der Waals surface area contributed by atoms with Crippen LogP contribution in [0.25, 0.3) is 0 Å². The van der Waals surface area contributed by atoms with Crippen LogP contribution in [0.5, 0.6) is 0 Å². The van der Waals surface area contributed by atoms with E-state index in [1.54, 1.807) is 6.08 Å². The zero-order valence-corrected chi connectivity index (χ0v) is 16.1. The third-order valence-electron chi connectivity index (χ3n) is 5.77. The Kier molecular flexibility index (Phi) is 9.25. The molecule has 2 aliphatic rings. The van der Waals surface area contributed by atoms with E-state index >= 15 is 0 Å². The number of ketones is 2. The van der Waals surface area contributed by atoms with Crippen LogP contribution in [0.4, 0.5) is 0 Å². The Morgan fingerprint density at radius 3 is 2.33 bits per heavy atom. The lowest BCUT2D eigenvalue weighted by atomic mass is 9.69. The smallest absolute Gasteiger partial charge is 0.162 e. The Hall–Kier alpha value is -1.18. The molecule has 0 spiro atoms. The van der Waals surface area contributed by atoms with Crippen molar-refractivity contribution in [2.75, 3.05) is 0 Å². The van der Waals surface area contributed by atoms with Gasteiger partial charge in [0.05, 0.1) is 0 Å². The Balaban J connectivity index is 0.000000400. The summed E-state index contributed by atoms with van der Waals surface area (Å²) in [4.78, 5) is 22.5. The molecule has 24 heavy (non-hydrogen) atoms. The molecule has 0 saturated carbocycles. The van der Waals surface area contributed by atoms with Crippen LogP contribution in [0.2, 0.25) is 0 Å². The van der Waals surface area contributed by atoms with E-state index in [1.165, 1.54) is 32.1 Å². The minimum Gasteiger partial charge on any atom is -0.295 e. The highest BCUT2D eigenvalue weighted by molar-refractivity contribution is 5.97. The van der Waals surface area contributed by atoms with Crippen LogP contribution in [-0.4, -0.2) is 11.6 Å². The van der Waals surface area contributed by atoms with Crippen molar-refractivity contribution in [3.63, 3.8) is 0 Å². The SMILES string of the molecule is CCCCCC1(CCC(C)CC)C(=O)C=CC1C.O=C1C=CCC1. The molecule has 0 aliphatic heterocycles. The average molecular weight is 333 g/mol. The average Bonchev–Trinajstić information content (AvgIpc) is 3.16. The molecule has 2 rings (SSSR count). The lowest BCUT2D eigenvalue weighted by Gasteiger charge is -2.33. The van der Waals surface area contributed by atoms with E-state index < -0.39 is 0 Å². The third-order valence-corrected chi connectivity index (χ3v) is 5.77. The van der Waals surface area contributed by atoms with Gasteiger partial charge in [-0.05, 0) is 49.7 Å². The molecule has 3 unspecified atom stereocenters. The predicted molar refractivity (Wildman–Crippen MR) is 102 cm³/mol. The van der Waals surface area contributed by atoms with Gasteiger partial charge in [-0.15, -0.1) is 0 Å². The lowest BCUT2D eigenvalue weighted by molar-refractivity contribution is -0.125. The van der Waals surface area contributed by atoms with Gasteiger partial charge in [0, 0.05) is 11.8 Å². The Bertz CT molecular complexity index is 461. The second-order valence-corrected chi connectivity index (χ2v) is 7.58. The van der Waals surface area contributed by atoms with Crippen LogP contribution >= 0.6 is 0 Å². The molecule has 0 aromatic rings. The van der Waals surface area contributed by atoms with Gasteiger partial charge in [0.25, 0.3) is 0 Å². The predicted octanol–water partition coefficient (Wildman–Crippen LogP) is 6.06. The Labute approximate surface area is 148 Å². The molecule has 0 amide bonds. The fourth-order valence-electron chi connectivity index (χ4n) is 3.56. The summed E-state index contributed by atoms with van der Waals surface area (Å²) >= 11 is 0. The molecule has 0 N–H and O–H groups in total. The topological polar surface area (TPSA) is 34.1 Å². The molecule has 0 aromatic carbocycles. The van der Waals surface area contributed by atoms with E-state index in [-0.39, 0.29) is 11.2 Å². The largest absolute Gasteiger partial charge is 0.295 e. The third kappa shape index (κ3) is 6.03. The van der Waals surface area contributed by atoms with Gasteiger partial charge in [0.1, 0.15) is 0 Å². The number of unbranched alkanes of at least 4 members (excludes halogenated alkanes) is 2. The maximum Gasteiger partial charge on any atom is 0.162 e. The van der Waals surface area contributed by atoms with Crippen molar-refractivity contribution >= 4 is 11.6 Å². The van der Waals surface area contributed by atoms with E-state index in [0.29, 0.717) is 11.7 Å². The summed E-state index contributed by atoms with van der Waals surface area (Å²) in [7, 11) is 0. The number of carbonyl (C=O) groups excluding carboxylic acids is 2. The highest BCUT2D eigenvalue weighted by atomic mass is 16.1. The summed E-state index contributed by atoms with van der Waals surface area (Å²) in [6, 6.07) is 0. The molecule has 0 bridgehead atoms. The minimum atomic E-state index is -0.0569. The summed E-state index contributed by atoms with van der Waals surface area (Å²) in [5.41, 5.74) is -0.0569. The van der Waals surface area contributed by atoms with E-state index in [9.17, 15) is 9.59 Å². The highest BCUT2D eigenvalue weighted by Crippen LogP contribution is 2.45. The number of allylic oxidation sites excluding steroid dienone is 4. The van der Waals surface area contributed by atoms with Crippen molar-refractivity contribution in [3.8, 4) is 0 Å². The second kappa shape index (κ2) is 10.6. The number of hydrogen-bond acceptors (Lipinski definition) is 2. The molecule has 0 radical (unpaired) electrons. The lowest BCUT2D eigenvalue weighted by Crippen LogP contribution is -2.32. The van der Waals surface area contributed by atoms with Crippen molar-refractivity contribution in [2.24, 2.45) is 17.3 Å². The molecule has 2 heteroatoms. The Morgan fingerprint density at radius 2 is 1.92 bits per heavy atom. The van der Waals surface area contributed by atoms with E-state index in [0.717, 1.165) is 31.6 Å². The Morgan fingerprint density at radius 1 is 1.17 bits per heavy atom. The number of rotatable bonds is 8. The quantitative estimate of drug-likeness (QED) is 0.506. The number of hydrogen-bond donors (Lipinski definition) is 0. The van der Waals surface area contributed by atoms with Gasteiger partial charge in [-0.25, -0.2) is 0 Å². The van der Waals surface area contributed by atoms with Crippen LogP contribution < -0.4 is 0 Å². The molecule has 0 heterocycles. The van der Waals surface area contributed by atoms with Gasteiger partial charge in [0.2, 0.25) is 0 Å². The van der Waals surface area contributed by atoms with E-state index in [1.807, 2.05) is 12.2 Å². The fourth-order valence-corrected chi connectivity index (χ4v) is 3.56. The first-order valence-electron chi connectivity index (χ1n) is 9.88. The van der Waals surface area contributed by atoms with Crippen molar-refractivity contribution in [1.82, 2.24) is 0 Å². The van der Waals surface area contributed by atoms with Crippen LogP contribution in [0.3, 0.4) is 0 Å². The van der Waals surface area contributed by atoms with Gasteiger partial charge in [-0.1, -0.05) is 65.5 Å². The molecule has 2 aliphatic carbocycles. The van der Waals surface area contributed by atoms with Gasteiger partial charge >= 0.3 is 0 Å². The monoisotopic (exact) mass is 332 g/mol. The van der Waals surface area contributed by atoms with Crippen molar-refractivity contribution in [2.45, 2.75) is 85.5 Å². The number of carbonyl (C=O) groups is 2. The standard InChI is InChI=1S/C17H30O.C5H6O/c1-5-7-8-12-17(13-11-14(3)6-2)15(4)9-10-16(17)18;6-5-3-1-2-4-5/h9-10,14-15H,5-8,11-13H2,1-4H3;1,3H,2,4H2. The molecule has 0 fully saturated rings. The van der Waals surface area contributed by atoms with Crippen LogP contribution in [0.1, 0.15) is 85.5 Å². The van der Waals surface area contributed by atoms with E-state index in [4.69, 9.17) is 0 Å².